The van der Waals surface area contributed by atoms with Crippen LogP contribution in [0.25, 0.3) is 121 Å². The van der Waals surface area contributed by atoms with Gasteiger partial charge in [0.15, 0.2) is 0 Å². The van der Waals surface area contributed by atoms with Crippen molar-refractivity contribution in [1.82, 2.24) is 18.3 Å². The molecule has 0 amide bonds. The van der Waals surface area contributed by atoms with Crippen LogP contribution in [-0.2, 0) is 0 Å². The molecule has 10 aromatic carbocycles. The van der Waals surface area contributed by atoms with Crippen LogP contribution in [0.1, 0.15) is 11.1 Å². The minimum atomic E-state index is 0.453. The Hall–Kier alpha value is -9.62. The predicted molar refractivity (Wildman–Crippen MR) is 279 cm³/mol. The first-order valence-electron chi connectivity index (χ1n) is 22.8. The number of hydrogen-bond acceptors (Lipinski definition) is 2. The molecule has 0 aliphatic carbocycles. The van der Waals surface area contributed by atoms with Crippen LogP contribution in [0.5, 0.6) is 0 Å². The van der Waals surface area contributed by atoms with E-state index >= 15 is 0 Å². The van der Waals surface area contributed by atoms with E-state index in [0.717, 1.165) is 110 Å². The molecule has 0 saturated heterocycles. The van der Waals surface area contributed by atoms with E-state index in [1.54, 1.807) is 0 Å². The smallest absolute Gasteiger partial charge is 0.102 e. The van der Waals surface area contributed by atoms with E-state index in [9.17, 15) is 10.5 Å². The van der Waals surface area contributed by atoms with E-state index in [2.05, 4.69) is 249 Å². The van der Waals surface area contributed by atoms with Gasteiger partial charge in [0.05, 0.1) is 78.0 Å². The third kappa shape index (κ3) is 5.09. The summed E-state index contributed by atoms with van der Waals surface area (Å²) < 4.78 is 9.04. The van der Waals surface area contributed by atoms with Crippen molar-refractivity contribution in [2.75, 3.05) is 0 Å². The molecular weight excluding hydrogens is 829 g/mol. The van der Waals surface area contributed by atoms with E-state index in [1.165, 1.54) is 0 Å². The molecule has 68 heavy (non-hydrogen) atoms. The van der Waals surface area contributed by atoms with Crippen molar-refractivity contribution in [1.29, 1.82) is 10.5 Å². The first-order chi connectivity index (χ1) is 33.7. The van der Waals surface area contributed by atoms with Crippen LogP contribution in [0.3, 0.4) is 0 Å². The minimum Gasteiger partial charge on any atom is -0.309 e. The quantitative estimate of drug-likeness (QED) is 0.173. The van der Waals surface area contributed by atoms with Gasteiger partial charge >= 0.3 is 0 Å². The van der Waals surface area contributed by atoms with Gasteiger partial charge in [-0.05, 0) is 72.8 Å². The molecule has 0 aliphatic heterocycles. The van der Waals surface area contributed by atoms with Crippen molar-refractivity contribution in [2.24, 2.45) is 0 Å². The van der Waals surface area contributed by atoms with Crippen LogP contribution in [0, 0.1) is 22.7 Å². The zero-order chi connectivity index (χ0) is 45.0. The Kier molecular flexibility index (Phi) is 8.01. The van der Waals surface area contributed by atoms with Gasteiger partial charge in [0, 0.05) is 54.2 Å². The number of para-hydroxylation sites is 8. The van der Waals surface area contributed by atoms with Gasteiger partial charge in [-0.2, -0.15) is 10.5 Å². The second-order valence-corrected chi connectivity index (χ2v) is 17.4. The maximum atomic E-state index is 12.1. The van der Waals surface area contributed by atoms with Crippen molar-refractivity contribution in [2.45, 2.75) is 0 Å². The standard InChI is InChI=1S/C62H36N6/c63-37-47-57(65-49-25-9-1-17-39(49)40-18-2-10-26-50(40)65)33-35-59(67-53-29-13-5-21-43(53)44-22-6-14-30-54(44)67)61(47)62-48(38-64)58(66-51-27-11-3-19-41(51)42-20-4-12-28-52(42)66)34-36-60(62)68-55-31-15-7-23-45(55)46-24-8-16-32-56(46)68/h1-36H. The normalized spacial score (nSPS) is 11.8. The molecule has 0 spiro atoms. The Morgan fingerprint density at radius 2 is 0.397 bits per heavy atom. The van der Waals surface area contributed by atoms with Gasteiger partial charge in [-0.1, -0.05) is 146 Å². The second-order valence-electron chi connectivity index (χ2n) is 17.4. The lowest BCUT2D eigenvalue weighted by molar-refractivity contribution is 1.11. The molecule has 0 N–H and O–H groups in total. The molecule has 0 aliphatic rings. The average molecular weight is 865 g/mol. The number of nitriles is 2. The molecule has 0 atom stereocenters. The number of hydrogen-bond donors (Lipinski definition) is 0. The monoisotopic (exact) mass is 864 g/mol. The number of nitrogens with zero attached hydrogens (tertiary/aromatic N) is 6. The highest BCUT2D eigenvalue weighted by atomic mass is 15.0. The third-order valence-corrected chi connectivity index (χ3v) is 14.1. The summed E-state index contributed by atoms with van der Waals surface area (Å²) >= 11 is 0. The van der Waals surface area contributed by atoms with Crippen molar-refractivity contribution < 1.29 is 0 Å². The minimum absolute atomic E-state index is 0.453. The topological polar surface area (TPSA) is 67.3 Å². The van der Waals surface area contributed by atoms with Gasteiger partial charge in [0.2, 0.25) is 0 Å². The fraction of sp³-hybridized carbons (Fsp3) is 0. The second kappa shape index (κ2) is 14.4. The molecule has 4 aromatic heterocycles. The van der Waals surface area contributed by atoms with Crippen LogP contribution in [0.15, 0.2) is 218 Å². The van der Waals surface area contributed by atoms with Crippen LogP contribution in [0.4, 0.5) is 0 Å². The zero-order valence-electron chi connectivity index (χ0n) is 36.5. The van der Waals surface area contributed by atoms with Crippen LogP contribution in [0.2, 0.25) is 0 Å². The fourth-order valence-electron chi connectivity index (χ4n) is 11.4. The maximum absolute atomic E-state index is 12.1. The van der Waals surface area contributed by atoms with Crippen molar-refractivity contribution in [3.63, 3.8) is 0 Å². The van der Waals surface area contributed by atoms with Crippen LogP contribution >= 0.6 is 0 Å². The van der Waals surface area contributed by atoms with Crippen molar-refractivity contribution >= 4 is 87.2 Å². The van der Waals surface area contributed by atoms with E-state index in [0.29, 0.717) is 22.3 Å². The van der Waals surface area contributed by atoms with E-state index < -0.39 is 0 Å². The van der Waals surface area contributed by atoms with Crippen molar-refractivity contribution in [3.05, 3.63) is 230 Å². The summed E-state index contributed by atoms with van der Waals surface area (Å²) in [6.45, 7) is 0. The van der Waals surface area contributed by atoms with E-state index in [-0.39, 0.29) is 0 Å². The summed E-state index contributed by atoms with van der Waals surface area (Å²) in [7, 11) is 0. The number of rotatable bonds is 5. The van der Waals surface area contributed by atoms with Gasteiger partial charge in [0.1, 0.15) is 12.1 Å². The Morgan fingerprint density at radius 3 is 0.603 bits per heavy atom. The first-order valence-corrected chi connectivity index (χ1v) is 22.8. The predicted octanol–water partition coefficient (Wildman–Crippen LogP) is 15.5. The van der Waals surface area contributed by atoms with Gasteiger partial charge in [-0.15, -0.1) is 0 Å². The molecule has 0 bridgehead atoms. The SMILES string of the molecule is N#Cc1c(-n2c3ccccc3c3ccccc32)ccc(-n2c3ccccc3c3ccccc32)c1-c1c(-n2c3ccccc3c3ccccc32)ccc(-n2c3ccccc3c3ccccc32)c1C#N. The lowest BCUT2D eigenvalue weighted by Gasteiger charge is -2.24. The molecule has 314 valence electrons. The highest BCUT2D eigenvalue weighted by molar-refractivity contribution is 6.14. The van der Waals surface area contributed by atoms with E-state index in [1.807, 2.05) is 0 Å². The highest BCUT2D eigenvalue weighted by Crippen LogP contribution is 2.48. The molecule has 0 saturated carbocycles. The summed E-state index contributed by atoms with van der Waals surface area (Å²) in [5.74, 6) is 0. The molecule has 0 unspecified atom stereocenters. The largest absolute Gasteiger partial charge is 0.309 e. The number of aromatic nitrogens is 4. The molecule has 14 rings (SSSR count). The Morgan fingerprint density at radius 1 is 0.221 bits per heavy atom. The maximum Gasteiger partial charge on any atom is 0.102 e. The summed E-state index contributed by atoms with van der Waals surface area (Å²) in [4.78, 5) is 0. The van der Waals surface area contributed by atoms with Gasteiger partial charge in [0.25, 0.3) is 0 Å². The molecule has 0 fully saturated rings. The number of benzene rings is 10. The molecule has 14 aromatic rings. The third-order valence-electron chi connectivity index (χ3n) is 14.1. The zero-order valence-corrected chi connectivity index (χ0v) is 36.5. The van der Waals surface area contributed by atoms with Crippen LogP contribution in [-0.4, -0.2) is 18.3 Å². The lowest BCUT2D eigenvalue weighted by Crippen LogP contribution is -2.10. The molecule has 4 heterocycles. The molecule has 6 nitrogen and oxygen atoms in total. The average Bonchev–Trinajstić information content (AvgIpc) is 4.13. The van der Waals surface area contributed by atoms with Crippen molar-refractivity contribution in [3.8, 4) is 46.0 Å². The Bertz CT molecular complexity index is 4030. The van der Waals surface area contributed by atoms with Gasteiger partial charge < -0.3 is 18.3 Å². The Balaban J connectivity index is 1.23. The van der Waals surface area contributed by atoms with Crippen LogP contribution < -0.4 is 0 Å². The molecule has 0 radical (unpaired) electrons. The first kappa shape index (κ1) is 37.7. The summed E-state index contributed by atoms with van der Waals surface area (Å²) in [5, 5.41) is 33.1. The number of fused-ring (bicyclic) bond motifs is 12. The molecular formula is C62H36N6. The van der Waals surface area contributed by atoms with Gasteiger partial charge in [-0.25, -0.2) is 0 Å². The summed E-state index contributed by atoms with van der Waals surface area (Å²) in [5.41, 5.74) is 13.2. The van der Waals surface area contributed by atoms with E-state index in [4.69, 9.17) is 0 Å². The summed E-state index contributed by atoms with van der Waals surface area (Å²) in [6, 6.07) is 81.7. The Labute approximate surface area is 389 Å². The fourth-order valence-corrected chi connectivity index (χ4v) is 11.4. The molecule has 6 heteroatoms. The lowest BCUT2D eigenvalue weighted by atomic mass is 9.90. The highest BCUT2D eigenvalue weighted by Gasteiger charge is 2.30. The van der Waals surface area contributed by atoms with Gasteiger partial charge in [-0.3, -0.25) is 0 Å². The summed E-state index contributed by atoms with van der Waals surface area (Å²) in [6.07, 6.45) is 0.